The van der Waals surface area contributed by atoms with Crippen LogP contribution >= 0.6 is 39.1 Å². The van der Waals surface area contributed by atoms with Crippen LogP contribution in [0.1, 0.15) is 18.0 Å². The van der Waals surface area contributed by atoms with E-state index < -0.39 is 10.0 Å². The summed E-state index contributed by atoms with van der Waals surface area (Å²) in [7, 11) is -2.08. The van der Waals surface area contributed by atoms with Crippen molar-refractivity contribution in [3.8, 4) is 5.75 Å². The number of sulfonamides is 1. The van der Waals surface area contributed by atoms with E-state index in [-0.39, 0.29) is 17.5 Å². The predicted molar refractivity (Wildman–Crippen MR) is 136 cm³/mol. The Bertz CT molecular complexity index is 1300. The molecule has 1 heterocycles. The van der Waals surface area contributed by atoms with Gasteiger partial charge in [0.25, 0.3) is 0 Å². The summed E-state index contributed by atoms with van der Waals surface area (Å²) in [4.78, 5) is 0.180. The van der Waals surface area contributed by atoms with E-state index in [1.807, 2.05) is 29.3 Å². The molecule has 1 atom stereocenters. The third kappa shape index (κ3) is 5.53. The molecular formula is C23H20BrCl2N3O3S. The van der Waals surface area contributed by atoms with Crippen LogP contribution in [0.25, 0.3) is 0 Å². The van der Waals surface area contributed by atoms with Gasteiger partial charge in [0, 0.05) is 15.9 Å². The smallest absolute Gasteiger partial charge is 0.240 e. The number of nitrogens with one attached hydrogen (secondary N) is 1. The van der Waals surface area contributed by atoms with Crippen molar-refractivity contribution in [2.45, 2.75) is 17.4 Å². The van der Waals surface area contributed by atoms with Crippen LogP contribution in [0.5, 0.6) is 5.75 Å². The summed E-state index contributed by atoms with van der Waals surface area (Å²) in [5.41, 5.74) is 2.36. The fourth-order valence-corrected chi connectivity index (χ4v) is 5.66. The second-order valence-electron chi connectivity index (χ2n) is 7.38. The van der Waals surface area contributed by atoms with Crippen molar-refractivity contribution in [2.24, 2.45) is 5.10 Å². The summed E-state index contributed by atoms with van der Waals surface area (Å²) in [6.45, 7) is 0.0726. The lowest BCUT2D eigenvalue weighted by molar-refractivity contribution is 0.414. The molecule has 0 saturated carbocycles. The molecule has 0 aromatic heterocycles. The van der Waals surface area contributed by atoms with Crippen molar-refractivity contribution < 1.29 is 13.2 Å². The summed E-state index contributed by atoms with van der Waals surface area (Å²) < 4.78 is 34.1. The van der Waals surface area contributed by atoms with Crippen LogP contribution in [0.3, 0.4) is 0 Å². The van der Waals surface area contributed by atoms with E-state index in [0.717, 1.165) is 11.3 Å². The first kappa shape index (κ1) is 24.0. The van der Waals surface area contributed by atoms with E-state index in [1.54, 1.807) is 49.6 Å². The third-order valence-corrected chi connectivity index (χ3v) is 7.63. The van der Waals surface area contributed by atoms with Crippen LogP contribution in [-0.2, 0) is 10.0 Å². The quantitative estimate of drug-likeness (QED) is 0.376. The number of benzene rings is 3. The zero-order valence-corrected chi connectivity index (χ0v) is 21.4. The van der Waals surface area contributed by atoms with Gasteiger partial charge in [-0.15, -0.1) is 0 Å². The van der Waals surface area contributed by atoms with Gasteiger partial charge in [0.05, 0.1) is 41.0 Å². The first-order valence-corrected chi connectivity index (χ1v) is 13.0. The summed E-state index contributed by atoms with van der Waals surface area (Å²) in [6, 6.07) is 19.3. The van der Waals surface area contributed by atoms with Crippen LogP contribution in [0, 0.1) is 0 Å². The molecule has 3 aromatic carbocycles. The van der Waals surface area contributed by atoms with Crippen LogP contribution in [0.4, 0.5) is 5.69 Å². The minimum atomic E-state index is -3.70. The van der Waals surface area contributed by atoms with Crippen molar-refractivity contribution >= 4 is 60.6 Å². The van der Waals surface area contributed by atoms with Gasteiger partial charge >= 0.3 is 0 Å². The summed E-state index contributed by atoms with van der Waals surface area (Å²) in [5.74, 6) is 0.746. The number of halogens is 3. The van der Waals surface area contributed by atoms with Crippen molar-refractivity contribution in [1.82, 2.24) is 4.72 Å². The van der Waals surface area contributed by atoms with Crippen LogP contribution in [-0.4, -0.2) is 27.8 Å². The number of anilines is 1. The van der Waals surface area contributed by atoms with Crippen molar-refractivity contribution in [1.29, 1.82) is 0 Å². The van der Waals surface area contributed by atoms with Gasteiger partial charge in [0.15, 0.2) is 0 Å². The molecule has 6 nitrogen and oxygen atoms in total. The van der Waals surface area contributed by atoms with Crippen molar-refractivity contribution in [3.63, 3.8) is 0 Å². The Kier molecular flexibility index (Phi) is 7.31. The lowest BCUT2D eigenvalue weighted by atomic mass is 10.0. The molecule has 3 aromatic rings. The average molecular weight is 569 g/mol. The Morgan fingerprint density at radius 3 is 2.55 bits per heavy atom. The molecule has 0 amide bonds. The van der Waals surface area contributed by atoms with Gasteiger partial charge in [-0.05, 0) is 54.1 Å². The molecule has 33 heavy (non-hydrogen) atoms. The average Bonchev–Trinajstić information content (AvgIpc) is 3.22. The maximum Gasteiger partial charge on any atom is 0.240 e. The molecular weight excluding hydrogens is 549 g/mol. The van der Waals surface area contributed by atoms with Crippen LogP contribution in [0.15, 0.2) is 81.2 Å². The van der Waals surface area contributed by atoms with E-state index in [0.29, 0.717) is 32.3 Å². The highest BCUT2D eigenvalue weighted by Gasteiger charge is 2.31. The Balaban J connectivity index is 1.61. The molecule has 172 valence electrons. The molecule has 0 bridgehead atoms. The van der Waals surface area contributed by atoms with Gasteiger partial charge in [0.2, 0.25) is 10.0 Å². The number of rotatable bonds is 7. The van der Waals surface area contributed by atoms with Crippen LogP contribution < -0.4 is 14.5 Å². The van der Waals surface area contributed by atoms with Crippen molar-refractivity contribution in [2.75, 3.05) is 18.7 Å². The molecule has 0 saturated heterocycles. The van der Waals surface area contributed by atoms with Gasteiger partial charge in [-0.1, -0.05) is 57.3 Å². The minimum Gasteiger partial charge on any atom is -0.497 e. The van der Waals surface area contributed by atoms with Gasteiger partial charge in [-0.3, -0.25) is 5.01 Å². The SMILES string of the molecule is COc1ccc(C2CC(CNS(=O)(=O)c3cccc(Br)c3)=NN2c2ccc(Cl)cc2Cl)cc1. The van der Waals surface area contributed by atoms with E-state index in [4.69, 9.17) is 33.0 Å². The highest BCUT2D eigenvalue weighted by Crippen LogP contribution is 2.40. The number of hydrogen-bond donors (Lipinski definition) is 1. The molecule has 0 fully saturated rings. The number of hydrogen-bond acceptors (Lipinski definition) is 5. The largest absolute Gasteiger partial charge is 0.497 e. The highest BCUT2D eigenvalue weighted by molar-refractivity contribution is 9.10. The van der Waals surface area contributed by atoms with Crippen LogP contribution in [0.2, 0.25) is 10.0 Å². The summed E-state index contributed by atoms with van der Waals surface area (Å²) in [5, 5.41) is 7.51. The topological polar surface area (TPSA) is 71.0 Å². The van der Waals surface area contributed by atoms with E-state index in [9.17, 15) is 8.42 Å². The molecule has 0 spiro atoms. The second kappa shape index (κ2) is 10.0. The highest BCUT2D eigenvalue weighted by atomic mass is 79.9. The monoisotopic (exact) mass is 567 g/mol. The first-order valence-electron chi connectivity index (χ1n) is 9.96. The summed E-state index contributed by atoms with van der Waals surface area (Å²) in [6.07, 6.45) is 0.520. The number of ether oxygens (including phenoxy) is 1. The second-order valence-corrected chi connectivity index (χ2v) is 10.9. The first-order chi connectivity index (χ1) is 15.8. The lowest BCUT2D eigenvalue weighted by Gasteiger charge is -2.25. The van der Waals surface area contributed by atoms with E-state index in [1.165, 1.54) is 0 Å². The lowest BCUT2D eigenvalue weighted by Crippen LogP contribution is -2.29. The zero-order valence-electron chi connectivity index (χ0n) is 17.5. The van der Waals surface area contributed by atoms with Gasteiger partial charge in [-0.25, -0.2) is 13.1 Å². The molecule has 0 aliphatic carbocycles. The number of hydrazone groups is 1. The normalized spacial score (nSPS) is 16.1. The predicted octanol–water partition coefficient (Wildman–Crippen LogP) is 6.05. The Morgan fingerprint density at radius 1 is 1.12 bits per heavy atom. The fourth-order valence-electron chi connectivity index (χ4n) is 3.55. The molecule has 1 N–H and O–H groups in total. The zero-order chi connectivity index (χ0) is 23.6. The Labute approximate surface area is 211 Å². The third-order valence-electron chi connectivity index (χ3n) is 5.20. The number of nitrogens with zero attached hydrogens (tertiary/aromatic N) is 2. The molecule has 0 radical (unpaired) electrons. The number of methoxy groups -OCH3 is 1. The molecule has 1 aliphatic heterocycles. The molecule has 1 aliphatic rings. The van der Waals surface area contributed by atoms with Gasteiger partial charge in [-0.2, -0.15) is 5.10 Å². The summed E-state index contributed by atoms with van der Waals surface area (Å²) >= 11 is 15.9. The van der Waals surface area contributed by atoms with E-state index in [2.05, 4.69) is 20.7 Å². The molecule has 4 rings (SSSR count). The maximum absolute atomic E-state index is 12.8. The standard InChI is InChI=1S/C23H20BrCl2N3O3S/c1-32-19-8-5-15(6-9-19)23-13-18(28-29(23)22-10-7-17(25)12-21(22)26)14-27-33(30,31)20-4-2-3-16(24)11-20/h2-12,23,27H,13-14H2,1H3. The van der Waals surface area contributed by atoms with Gasteiger partial charge < -0.3 is 4.74 Å². The maximum atomic E-state index is 12.8. The minimum absolute atomic E-state index is 0.0726. The molecule has 1 unspecified atom stereocenters. The fraction of sp³-hybridized carbons (Fsp3) is 0.174. The Morgan fingerprint density at radius 2 is 1.88 bits per heavy atom. The Hall–Kier alpha value is -2.10. The van der Waals surface area contributed by atoms with Gasteiger partial charge in [0.1, 0.15) is 5.75 Å². The molecule has 10 heteroatoms. The van der Waals surface area contributed by atoms with Crippen molar-refractivity contribution in [3.05, 3.63) is 86.8 Å². The van der Waals surface area contributed by atoms with E-state index >= 15 is 0 Å².